The minimum atomic E-state index is -3.80. The Kier molecular flexibility index (Phi) is 11.0. The fourth-order valence-electron chi connectivity index (χ4n) is 4.28. The van der Waals surface area contributed by atoms with E-state index in [1.807, 2.05) is 12.1 Å². The first-order valence-electron chi connectivity index (χ1n) is 12.9. The van der Waals surface area contributed by atoms with Gasteiger partial charge >= 0.3 is 0 Å². The normalized spacial score (nSPS) is 11.3. The summed E-state index contributed by atoms with van der Waals surface area (Å²) in [5.74, 6) is 0.888. The molecule has 0 fully saturated rings. The number of amides is 1. The second-order valence-corrected chi connectivity index (χ2v) is 12.0. The van der Waals surface area contributed by atoms with Crippen molar-refractivity contribution in [1.82, 2.24) is 9.88 Å². The van der Waals surface area contributed by atoms with Gasteiger partial charge in [0, 0.05) is 37.8 Å². The Bertz CT molecular complexity index is 1520. The average molecular weight is 619 g/mol. The van der Waals surface area contributed by atoms with Gasteiger partial charge in [0.05, 0.1) is 35.0 Å². The standard InChI is InChI=1S/C29H34N4O5S2.ClH/c1-6-32(7-2)17-18-33(29-30-24-19-25(37-4)26(38-5)20-27(24)39-29)28(34)21-13-15-23(16-14-21)40(35,36)31(3)22-11-9-8-10-12-22;/h8-16,19-20H,6-7,17-18H2,1-5H3;1H. The third-order valence-corrected chi connectivity index (χ3v) is 9.61. The van der Waals surface area contributed by atoms with Crippen molar-refractivity contribution < 1.29 is 22.7 Å². The number of rotatable bonds is 12. The molecule has 0 aliphatic carbocycles. The van der Waals surface area contributed by atoms with Crippen molar-refractivity contribution in [3.8, 4) is 11.5 Å². The van der Waals surface area contributed by atoms with E-state index in [1.54, 1.807) is 61.6 Å². The number of para-hydroxylation sites is 1. The zero-order valence-corrected chi connectivity index (χ0v) is 26.2. The molecule has 12 heteroatoms. The predicted octanol–water partition coefficient (Wildman–Crippen LogP) is 5.55. The third-order valence-electron chi connectivity index (χ3n) is 6.77. The van der Waals surface area contributed by atoms with E-state index in [1.165, 1.54) is 34.8 Å². The molecule has 1 aromatic heterocycles. The third kappa shape index (κ3) is 6.92. The van der Waals surface area contributed by atoms with Crippen LogP contribution in [-0.2, 0) is 10.0 Å². The number of fused-ring (bicyclic) bond motifs is 1. The highest BCUT2D eigenvalue weighted by Gasteiger charge is 2.25. The zero-order chi connectivity index (χ0) is 28.9. The molecule has 0 atom stereocenters. The summed E-state index contributed by atoms with van der Waals surface area (Å²) in [4.78, 5) is 22.6. The van der Waals surface area contributed by atoms with Gasteiger partial charge in [0.15, 0.2) is 16.6 Å². The van der Waals surface area contributed by atoms with Crippen LogP contribution in [0.5, 0.6) is 11.5 Å². The largest absolute Gasteiger partial charge is 0.493 e. The molecule has 0 radical (unpaired) electrons. The maximum Gasteiger partial charge on any atom is 0.264 e. The Morgan fingerprint density at radius 3 is 2.10 bits per heavy atom. The number of nitrogens with zero attached hydrogens (tertiary/aromatic N) is 4. The average Bonchev–Trinajstić information content (AvgIpc) is 3.40. The first-order chi connectivity index (χ1) is 19.2. The van der Waals surface area contributed by atoms with Crippen LogP contribution in [0.3, 0.4) is 0 Å². The number of benzene rings is 3. The van der Waals surface area contributed by atoms with E-state index in [0.717, 1.165) is 17.8 Å². The van der Waals surface area contributed by atoms with Gasteiger partial charge in [-0.3, -0.25) is 14.0 Å². The molecular weight excluding hydrogens is 584 g/mol. The highest BCUT2D eigenvalue weighted by molar-refractivity contribution is 7.92. The SMILES string of the molecule is CCN(CC)CCN(C(=O)c1ccc(S(=O)(=O)N(C)c2ccccc2)cc1)c1nc2cc(OC)c(OC)cc2s1.Cl. The van der Waals surface area contributed by atoms with Gasteiger partial charge in [-0.1, -0.05) is 43.4 Å². The Morgan fingerprint density at radius 1 is 0.902 bits per heavy atom. The lowest BCUT2D eigenvalue weighted by Gasteiger charge is -2.25. The molecule has 0 unspecified atom stereocenters. The van der Waals surface area contributed by atoms with Crippen molar-refractivity contribution in [3.63, 3.8) is 0 Å². The molecular formula is C29H35ClN4O5S2. The van der Waals surface area contributed by atoms with Crippen molar-refractivity contribution in [2.24, 2.45) is 0 Å². The number of sulfonamides is 1. The van der Waals surface area contributed by atoms with Crippen LogP contribution < -0.4 is 18.7 Å². The van der Waals surface area contributed by atoms with Crippen LogP contribution in [0.2, 0.25) is 0 Å². The number of halogens is 1. The second-order valence-electron chi connectivity index (χ2n) is 8.99. The fourth-order valence-corrected chi connectivity index (χ4v) is 6.48. The molecule has 220 valence electrons. The van der Waals surface area contributed by atoms with Gasteiger partial charge in [-0.15, -0.1) is 12.4 Å². The maximum absolute atomic E-state index is 13.8. The van der Waals surface area contributed by atoms with Crippen LogP contribution in [0.1, 0.15) is 24.2 Å². The summed E-state index contributed by atoms with van der Waals surface area (Å²) in [6, 6.07) is 18.5. The van der Waals surface area contributed by atoms with Crippen molar-refractivity contribution in [2.45, 2.75) is 18.7 Å². The molecule has 4 rings (SSSR count). The summed E-state index contributed by atoms with van der Waals surface area (Å²) in [7, 11) is 0.856. The van der Waals surface area contributed by atoms with Crippen molar-refractivity contribution in [2.75, 3.05) is 56.7 Å². The van der Waals surface area contributed by atoms with Crippen LogP contribution >= 0.6 is 23.7 Å². The smallest absolute Gasteiger partial charge is 0.264 e. The summed E-state index contributed by atoms with van der Waals surface area (Å²) in [6.07, 6.45) is 0. The zero-order valence-electron chi connectivity index (χ0n) is 23.7. The number of hydrogen-bond donors (Lipinski definition) is 0. The van der Waals surface area contributed by atoms with Gasteiger partial charge in [0.25, 0.3) is 15.9 Å². The van der Waals surface area contributed by atoms with Crippen LogP contribution in [0.25, 0.3) is 10.2 Å². The predicted molar refractivity (Wildman–Crippen MR) is 168 cm³/mol. The molecule has 1 amide bonds. The minimum absolute atomic E-state index is 0. The summed E-state index contributed by atoms with van der Waals surface area (Å²) in [6.45, 7) is 6.96. The number of likely N-dealkylation sites (N-methyl/N-ethyl adjacent to an activating group) is 1. The van der Waals surface area contributed by atoms with Crippen molar-refractivity contribution in [1.29, 1.82) is 0 Å². The summed E-state index contributed by atoms with van der Waals surface area (Å²) >= 11 is 1.39. The van der Waals surface area contributed by atoms with Crippen LogP contribution in [-0.4, -0.2) is 71.7 Å². The molecule has 0 N–H and O–H groups in total. The van der Waals surface area contributed by atoms with E-state index in [4.69, 9.17) is 14.5 Å². The molecule has 0 aliphatic rings. The topological polar surface area (TPSA) is 92.3 Å². The minimum Gasteiger partial charge on any atom is -0.493 e. The van der Waals surface area contributed by atoms with Crippen molar-refractivity contribution >= 4 is 60.7 Å². The van der Waals surface area contributed by atoms with E-state index in [9.17, 15) is 13.2 Å². The highest BCUT2D eigenvalue weighted by Crippen LogP contribution is 2.37. The van der Waals surface area contributed by atoms with E-state index < -0.39 is 10.0 Å². The Labute approximate surface area is 251 Å². The van der Waals surface area contributed by atoms with E-state index in [0.29, 0.717) is 46.5 Å². The molecule has 0 spiro atoms. The van der Waals surface area contributed by atoms with Gasteiger partial charge in [-0.25, -0.2) is 13.4 Å². The fraction of sp³-hybridized carbons (Fsp3) is 0.310. The Balaban J connectivity index is 0.00000462. The monoisotopic (exact) mass is 618 g/mol. The summed E-state index contributed by atoms with van der Waals surface area (Å²) in [5.41, 5.74) is 1.62. The lowest BCUT2D eigenvalue weighted by atomic mass is 10.2. The first kappa shape index (κ1) is 32.1. The molecule has 41 heavy (non-hydrogen) atoms. The quantitative estimate of drug-likeness (QED) is 0.206. The lowest BCUT2D eigenvalue weighted by Crippen LogP contribution is -2.38. The van der Waals surface area contributed by atoms with Gasteiger partial charge in [-0.2, -0.15) is 0 Å². The second kappa shape index (κ2) is 14.0. The maximum atomic E-state index is 13.8. The van der Waals surface area contributed by atoms with Gasteiger partial charge in [0.1, 0.15) is 0 Å². The number of methoxy groups -OCH3 is 2. The number of ether oxygens (including phenoxy) is 2. The number of thiazole rings is 1. The molecule has 0 saturated carbocycles. The molecule has 0 bridgehead atoms. The summed E-state index contributed by atoms with van der Waals surface area (Å²) < 4.78 is 39.4. The lowest BCUT2D eigenvalue weighted by molar-refractivity contribution is 0.0983. The molecule has 1 heterocycles. The molecule has 3 aromatic carbocycles. The number of anilines is 2. The van der Waals surface area contributed by atoms with Crippen molar-refractivity contribution in [3.05, 3.63) is 72.3 Å². The Hall–Kier alpha value is -3.38. The highest BCUT2D eigenvalue weighted by atomic mass is 35.5. The number of aromatic nitrogens is 1. The molecule has 0 aliphatic heterocycles. The number of hydrogen-bond acceptors (Lipinski definition) is 8. The van der Waals surface area contributed by atoms with E-state index >= 15 is 0 Å². The Morgan fingerprint density at radius 2 is 1.51 bits per heavy atom. The van der Waals surface area contributed by atoms with Crippen LogP contribution in [0.4, 0.5) is 10.8 Å². The van der Waals surface area contributed by atoms with E-state index in [2.05, 4.69) is 18.7 Å². The molecule has 9 nitrogen and oxygen atoms in total. The van der Waals surface area contributed by atoms with Crippen LogP contribution in [0, 0.1) is 0 Å². The van der Waals surface area contributed by atoms with Gasteiger partial charge in [0.2, 0.25) is 0 Å². The molecule has 4 aromatic rings. The molecule has 0 saturated heterocycles. The van der Waals surface area contributed by atoms with Crippen LogP contribution in [0.15, 0.2) is 71.6 Å². The van der Waals surface area contributed by atoms with Gasteiger partial charge < -0.3 is 14.4 Å². The summed E-state index contributed by atoms with van der Waals surface area (Å²) in [5, 5.41) is 0.544. The number of carbonyl (C=O) groups is 1. The van der Waals surface area contributed by atoms with Gasteiger partial charge in [-0.05, 0) is 49.5 Å². The number of carbonyl (C=O) groups excluding carboxylic acids is 1. The van der Waals surface area contributed by atoms with E-state index in [-0.39, 0.29) is 23.2 Å². The first-order valence-corrected chi connectivity index (χ1v) is 15.2.